The van der Waals surface area contributed by atoms with Gasteiger partial charge < -0.3 is 19.3 Å². The minimum Gasteiger partial charge on any atom is -0.507 e. The molecule has 1 aliphatic heterocycles. The summed E-state index contributed by atoms with van der Waals surface area (Å²) >= 11 is 0. The molecule has 3 aromatic carbocycles. The highest BCUT2D eigenvalue weighted by Crippen LogP contribution is 2.44. The maximum Gasteiger partial charge on any atom is 0.300 e. The van der Waals surface area contributed by atoms with Crippen LogP contribution in [0, 0.1) is 12.8 Å². The normalized spacial score (nSPS) is 16.6. The number of rotatable bonds is 10. The molecule has 204 valence electrons. The molecule has 1 N–H and O–H groups in total. The zero-order chi connectivity index (χ0) is 28.1. The highest BCUT2D eigenvalue weighted by molar-refractivity contribution is 6.51. The van der Waals surface area contributed by atoms with E-state index in [2.05, 4.69) is 13.8 Å². The molecule has 1 fully saturated rings. The molecule has 0 bridgehead atoms. The number of anilines is 1. The zero-order valence-electron chi connectivity index (χ0n) is 23.1. The maximum atomic E-state index is 13.5. The van der Waals surface area contributed by atoms with E-state index in [1.807, 2.05) is 57.2 Å². The van der Waals surface area contributed by atoms with Gasteiger partial charge in [0.15, 0.2) is 0 Å². The number of Topliss-reactive ketones (excluding diaryl/α,β-unsaturated/α-hetero) is 1. The van der Waals surface area contributed by atoms with E-state index >= 15 is 0 Å². The SMILES string of the molecule is CCOc1ccc(/C(O)=C2/C(=O)C(=O)N(c3ccc(C)cc3)C2c2ccc(OCC(C)C)cc2)c(OCC)c1. The van der Waals surface area contributed by atoms with Gasteiger partial charge in [-0.1, -0.05) is 43.7 Å². The van der Waals surface area contributed by atoms with Crippen LogP contribution < -0.4 is 19.1 Å². The van der Waals surface area contributed by atoms with E-state index in [4.69, 9.17) is 14.2 Å². The van der Waals surface area contributed by atoms with Crippen molar-refractivity contribution in [2.45, 2.75) is 40.7 Å². The quantitative estimate of drug-likeness (QED) is 0.184. The Bertz CT molecular complexity index is 1360. The van der Waals surface area contributed by atoms with Gasteiger partial charge in [0, 0.05) is 11.8 Å². The van der Waals surface area contributed by atoms with Crippen molar-refractivity contribution in [2.75, 3.05) is 24.7 Å². The van der Waals surface area contributed by atoms with E-state index < -0.39 is 17.7 Å². The van der Waals surface area contributed by atoms with Gasteiger partial charge in [0.25, 0.3) is 11.7 Å². The molecule has 7 nitrogen and oxygen atoms in total. The molecule has 4 rings (SSSR count). The molecule has 7 heteroatoms. The number of amides is 1. The van der Waals surface area contributed by atoms with Crippen LogP contribution in [0.2, 0.25) is 0 Å². The molecule has 0 aliphatic carbocycles. The number of aliphatic hydroxyl groups is 1. The van der Waals surface area contributed by atoms with Crippen LogP contribution in [0.4, 0.5) is 5.69 Å². The summed E-state index contributed by atoms with van der Waals surface area (Å²) in [6.45, 7) is 11.2. The van der Waals surface area contributed by atoms with Crippen molar-refractivity contribution in [3.8, 4) is 17.2 Å². The first kappa shape index (κ1) is 27.8. The molecule has 0 radical (unpaired) electrons. The van der Waals surface area contributed by atoms with Gasteiger partial charge in [-0.3, -0.25) is 14.5 Å². The largest absolute Gasteiger partial charge is 0.507 e. The first-order chi connectivity index (χ1) is 18.7. The molecule has 1 unspecified atom stereocenters. The number of carbonyl (C=O) groups is 2. The standard InChI is InChI=1S/C32H35NO6/c1-6-37-25-16-17-26(27(18-25)38-7-2)30(34)28-29(22-10-14-24(15-11-22)39-19-20(3)4)33(32(36)31(28)35)23-12-8-21(5)9-13-23/h8-18,20,29,34H,6-7,19H2,1-5H3/b30-28-. The third kappa shape index (κ3) is 5.93. The average molecular weight is 530 g/mol. The van der Waals surface area contributed by atoms with Crippen LogP contribution in [0.3, 0.4) is 0 Å². The van der Waals surface area contributed by atoms with Gasteiger partial charge in [0.2, 0.25) is 0 Å². The monoisotopic (exact) mass is 529 g/mol. The van der Waals surface area contributed by atoms with Gasteiger partial charge in [0.05, 0.1) is 37.0 Å². The molecule has 1 amide bonds. The fraction of sp³-hybridized carbons (Fsp3) is 0.312. The molecule has 3 aromatic rings. The minimum atomic E-state index is -0.854. The highest BCUT2D eigenvalue weighted by atomic mass is 16.5. The fourth-order valence-corrected chi connectivity index (χ4v) is 4.50. The first-order valence-corrected chi connectivity index (χ1v) is 13.3. The van der Waals surface area contributed by atoms with Crippen molar-refractivity contribution >= 4 is 23.1 Å². The topological polar surface area (TPSA) is 85.3 Å². The van der Waals surface area contributed by atoms with Gasteiger partial charge >= 0.3 is 0 Å². The van der Waals surface area contributed by atoms with Gasteiger partial charge in [-0.15, -0.1) is 0 Å². The third-order valence-electron chi connectivity index (χ3n) is 6.35. The number of aliphatic hydroxyl groups excluding tert-OH is 1. The fourth-order valence-electron chi connectivity index (χ4n) is 4.50. The summed E-state index contributed by atoms with van der Waals surface area (Å²) in [4.78, 5) is 28.4. The molecular weight excluding hydrogens is 494 g/mol. The van der Waals surface area contributed by atoms with Crippen LogP contribution in [0.25, 0.3) is 5.76 Å². The number of carbonyl (C=O) groups excluding carboxylic acids is 2. The molecule has 39 heavy (non-hydrogen) atoms. The van der Waals surface area contributed by atoms with Crippen molar-refractivity contribution in [3.63, 3.8) is 0 Å². The van der Waals surface area contributed by atoms with Crippen LogP contribution in [0.1, 0.15) is 50.4 Å². The minimum absolute atomic E-state index is 0.0125. The summed E-state index contributed by atoms with van der Waals surface area (Å²) in [6.07, 6.45) is 0. The molecule has 1 heterocycles. The van der Waals surface area contributed by atoms with E-state index in [9.17, 15) is 14.7 Å². The second-order valence-corrected chi connectivity index (χ2v) is 9.80. The first-order valence-electron chi connectivity index (χ1n) is 13.3. The van der Waals surface area contributed by atoms with Crippen molar-refractivity contribution in [1.82, 2.24) is 0 Å². The summed E-state index contributed by atoms with van der Waals surface area (Å²) in [5, 5.41) is 11.6. The number of hydrogen-bond acceptors (Lipinski definition) is 6. The summed E-state index contributed by atoms with van der Waals surface area (Å²) in [5.41, 5.74) is 2.54. The van der Waals surface area contributed by atoms with Crippen molar-refractivity contribution < 1.29 is 28.9 Å². The van der Waals surface area contributed by atoms with Crippen LogP contribution in [0.15, 0.2) is 72.3 Å². The Labute approximate surface area is 229 Å². The molecule has 1 atom stereocenters. The molecule has 0 saturated carbocycles. The predicted octanol–water partition coefficient (Wildman–Crippen LogP) is 6.45. The Kier molecular flexibility index (Phi) is 8.59. The second kappa shape index (κ2) is 12.1. The Balaban J connectivity index is 1.87. The van der Waals surface area contributed by atoms with E-state index in [1.165, 1.54) is 4.90 Å². The summed E-state index contributed by atoms with van der Waals surface area (Å²) < 4.78 is 17.2. The van der Waals surface area contributed by atoms with Crippen LogP contribution >= 0.6 is 0 Å². The van der Waals surface area contributed by atoms with Crippen molar-refractivity contribution in [1.29, 1.82) is 0 Å². The number of ketones is 1. The molecule has 1 aliphatic rings. The van der Waals surface area contributed by atoms with E-state index in [0.717, 1.165) is 5.56 Å². The van der Waals surface area contributed by atoms with E-state index in [1.54, 1.807) is 30.3 Å². The van der Waals surface area contributed by atoms with E-state index in [0.29, 0.717) is 59.8 Å². The van der Waals surface area contributed by atoms with Gasteiger partial charge in [-0.25, -0.2) is 0 Å². The number of aryl methyl sites for hydroxylation is 1. The number of benzene rings is 3. The second-order valence-electron chi connectivity index (χ2n) is 9.80. The lowest BCUT2D eigenvalue weighted by Gasteiger charge is -2.26. The zero-order valence-corrected chi connectivity index (χ0v) is 23.1. The lowest BCUT2D eigenvalue weighted by molar-refractivity contribution is -0.132. The molecule has 0 aromatic heterocycles. The molecule has 1 saturated heterocycles. The average Bonchev–Trinajstić information content (AvgIpc) is 3.18. The predicted molar refractivity (Wildman–Crippen MR) is 152 cm³/mol. The van der Waals surface area contributed by atoms with E-state index in [-0.39, 0.29) is 11.3 Å². The van der Waals surface area contributed by atoms with Crippen LogP contribution in [-0.2, 0) is 9.59 Å². The smallest absolute Gasteiger partial charge is 0.300 e. The summed E-state index contributed by atoms with van der Waals surface area (Å²) in [7, 11) is 0. The number of hydrogen-bond donors (Lipinski definition) is 1. The van der Waals surface area contributed by atoms with Crippen LogP contribution in [0.5, 0.6) is 17.2 Å². The Hall–Kier alpha value is -4.26. The van der Waals surface area contributed by atoms with Gasteiger partial charge in [-0.2, -0.15) is 0 Å². The van der Waals surface area contributed by atoms with Crippen molar-refractivity contribution in [3.05, 3.63) is 89.0 Å². The van der Waals surface area contributed by atoms with Crippen molar-refractivity contribution in [2.24, 2.45) is 5.92 Å². The third-order valence-corrected chi connectivity index (χ3v) is 6.35. The maximum absolute atomic E-state index is 13.5. The number of ether oxygens (including phenoxy) is 3. The van der Waals surface area contributed by atoms with Gasteiger partial charge in [0.1, 0.15) is 23.0 Å². The lowest BCUT2D eigenvalue weighted by Crippen LogP contribution is -2.29. The molecular formula is C32H35NO6. The lowest BCUT2D eigenvalue weighted by atomic mass is 9.94. The van der Waals surface area contributed by atoms with Crippen LogP contribution in [-0.4, -0.2) is 36.6 Å². The molecule has 0 spiro atoms. The Morgan fingerprint density at radius 3 is 2.13 bits per heavy atom. The summed E-state index contributed by atoms with van der Waals surface area (Å²) in [5.74, 6) is 0.199. The Morgan fingerprint density at radius 2 is 1.51 bits per heavy atom. The number of nitrogens with zero attached hydrogens (tertiary/aromatic N) is 1. The Morgan fingerprint density at radius 1 is 0.872 bits per heavy atom. The highest BCUT2D eigenvalue weighted by Gasteiger charge is 2.47. The summed E-state index contributed by atoms with van der Waals surface area (Å²) in [6, 6.07) is 18.8. The van der Waals surface area contributed by atoms with Gasteiger partial charge in [-0.05, 0) is 68.7 Å².